The number of esters is 1. The fraction of sp³-hybridized carbons (Fsp3) is 0.200. The van der Waals surface area contributed by atoms with Crippen molar-refractivity contribution in [2.45, 2.75) is 6.92 Å². The maximum Gasteiger partial charge on any atom is 0.360 e. The van der Waals surface area contributed by atoms with E-state index in [0.717, 1.165) is 0 Å². The molecule has 0 aliphatic rings. The summed E-state index contributed by atoms with van der Waals surface area (Å²) in [5.74, 6) is -0.242. The Morgan fingerprint density at radius 2 is 2.33 bits per heavy atom. The molecule has 0 atom stereocenters. The number of aromatic nitrogens is 1. The van der Waals surface area contributed by atoms with Gasteiger partial charge in [-0.15, -0.1) is 0 Å². The summed E-state index contributed by atoms with van der Waals surface area (Å²) in [6.45, 7) is 1.75. The zero-order chi connectivity index (χ0) is 11.0. The van der Waals surface area contributed by atoms with E-state index in [1.807, 2.05) is 0 Å². The highest BCUT2D eigenvalue weighted by molar-refractivity contribution is 5.97. The number of carbonyl (C=O) groups excluding carboxylic acids is 1. The number of rotatable bonds is 1. The molecule has 15 heavy (non-hydrogen) atoms. The topological polar surface area (TPSA) is 72.6 Å². The third kappa shape index (κ3) is 1.41. The second kappa shape index (κ2) is 3.27. The molecule has 78 valence electrons. The maximum atomic E-state index is 11.2. The molecule has 2 heterocycles. The summed E-state index contributed by atoms with van der Waals surface area (Å²) in [6.07, 6.45) is 1.38. The minimum atomic E-state index is -0.673. The minimum Gasteiger partial charge on any atom is -0.505 e. The molecular weight excluding hydrogens is 198 g/mol. The second-order valence-electron chi connectivity index (χ2n) is 3.08. The normalized spacial score (nSPS) is 10.5. The number of nitrogens with zero attached hydrogens (tertiary/aromatic N) is 1. The van der Waals surface area contributed by atoms with E-state index in [9.17, 15) is 9.90 Å². The molecular formula is C10H9NO4. The van der Waals surface area contributed by atoms with E-state index in [4.69, 9.17) is 4.42 Å². The summed E-state index contributed by atoms with van der Waals surface area (Å²) in [7, 11) is 1.23. The van der Waals surface area contributed by atoms with E-state index >= 15 is 0 Å². The summed E-state index contributed by atoms with van der Waals surface area (Å²) in [5.41, 5.74) is 0.337. The molecule has 0 aliphatic heterocycles. The Balaban J connectivity index is 2.69. The van der Waals surface area contributed by atoms with E-state index in [0.29, 0.717) is 16.7 Å². The van der Waals surface area contributed by atoms with Crippen molar-refractivity contribution < 1.29 is 19.1 Å². The van der Waals surface area contributed by atoms with Crippen LogP contribution in [0.2, 0.25) is 0 Å². The van der Waals surface area contributed by atoms with Crippen molar-refractivity contribution >= 4 is 16.9 Å². The Labute approximate surface area is 85.3 Å². The van der Waals surface area contributed by atoms with Gasteiger partial charge in [0.2, 0.25) is 0 Å². The molecule has 0 aliphatic carbocycles. The van der Waals surface area contributed by atoms with Crippen LogP contribution in [0.15, 0.2) is 16.7 Å². The summed E-state index contributed by atoms with van der Waals surface area (Å²) in [5, 5.41) is 10.2. The second-order valence-corrected chi connectivity index (χ2v) is 3.08. The standard InChI is InChI=1S/C10H9NO4/c1-5-3-6-7(15-5)4-11-8(9(6)12)10(13)14-2/h3-4,12H,1-2H3. The number of aromatic hydroxyl groups is 1. The number of aryl methyl sites for hydroxylation is 1. The van der Waals surface area contributed by atoms with Gasteiger partial charge in [-0.3, -0.25) is 0 Å². The van der Waals surface area contributed by atoms with Crippen LogP contribution >= 0.6 is 0 Å². The minimum absolute atomic E-state index is 0.106. The molecule has 2 aromatic rings. The Morgan fingerprint density at radius 1 is 1.60 bits per heavy atom. The van der Waals surface area contributed by atoms with Crippen LogP contribution in [0.1, 0.15) is 16.2 Å². The van der Waals surface area contributed by atoms with E-state index < -0.39 is 5.97 Å². The first-order valence-electron chi connectivity index (χ1n) is 4.30. The first-order chi connectivity index (χ1) is 7.13. The molecule has 2 aromatic heterocycles. The highest BCUT2D eigenvalue weighted by Crippen LogP contribution is 2.29. The summed E-state index contributed by atoms with van der Waals surface area (Å²) in [4.78, 5) is 15.0. The Kier molecular flexibility index (Phi) is 2.07. The van der Waals surface area contributed by atoms with E-state index in [2.05, 4.69) is 9.72 Å². The van der Waals surface area contributed by atoms with Gasteiger partial charge in [-0.05, 0) is 13.0 Å². The van der Waals surface area contributed by atoms with Crippen LogP contribution in [0, 0.1) is 6.92 Å². The van der Waals surface area contributed by atoms with Crippen LogP contribution < -0.4 is 0 Å². The van der Waals surface area contributed by atoms with Crippen LogP contribution in [-0.2, 0) is 4.74 Å². The third-order valence-corrected chi connectivity index (χ3v) is 2.05. The summed E-state index contributed by atoms with van der Waals surface area (Å²) in [6, 6.07) is 1.64. The van der Waals surface area contributed by atoms with Crippen LogP contribution in [0.4, 0.5) is 0 Å². The number of hydrogen-bond acceptors (Lipinski definition) is 5. The Bertz CT molecular complexity index is 529. The molecule has 5 nitrogen and oxygen atoms in total. The van der Waals surface area contributed by atoms with Crippen LogP contribution in [-0.4, -0.2) is 23.2 Å². The summed E-state index contributed by atoms with van der Waals surface area (Å²) >= 11 is 0. The maximum absolute atomic E-state index is 11.2. The lowest BCUT2D eigenvalue weighted by Crippen LogP contribution is -2.04. The molecule has 0 amide bonds. The fourth-order valence-electron chi connectivity index (χ4n) is 1.37. The molecule has 2 rings (SSSR count). The fourth-order valence-corrected chi connectivity index (χ4v) is 1.37. The molecule has 0 saturated heterocycles. The van der Waals surface area contributed by atoms with Crippen molar-refractivity contribution in [3.8, 4) is 5.75 Å². The van der Waals surface area contributed by atoms with E-state index in [1.165, 1.54) is 13.3 Å². The SMILES string of the molecule is COC(=O)c1ncc2oc(C)cc2c1O. The first kappa shape index (κ1) is 9.51. The quantitative estimate of drug-likeness (QED) is 0.719. The lowest BCUT2D eigenvalue weighted by Gasteiger charge is -2.00. The monoisotopic (exact) mass is 207 g/mol. The number of pyridine rings is 1. The lowest BCUT2D eigenvalue weighted by atomic mass is 10.2. The number of hydrogen-bond donors (Lipinski definition) is 1. The number of fused-ring (bicyclic) bond motifs is 1. The van der Waals surface area contributed by atoms with Crippen LogP contribution in [0.5, 0.6) is 5.75 Å². The zero-order valence-corrected chi connectivity index (χ0v) is 8.27. The van der Waals surface area contributed by atoms with Gasteiger partial charge >= 0.3 is 5.97 Å². The van der Waals surface area contributed by atoms with Crippen molar-refractivity contribution in [3.63, 3.8) is 0 Å². The van der Waals surface area contributed by atoms with Gasteiger partial charge in [-0.1, -0.05) is 0 Å². The predicted octanol–water partition coefficient (Wildman–Crippen LogP) is 1.63. The first-order valence-corrected chi connectivity index (χ1v) is 4.30. The van der Waals surface area contributed by atoms with E-state index in [-0.39, 0.29) is 11.4 Å². The number of methoxy groups -OCH3 is 1. The van der Waals surface area contributed by atoms with Gasteiger partial charge in [0.15, 0.2) is 17.0 Å². The Morgan fingerprint density at radius 3 is 3.00 bits per heavy atom. The van der Waals surface area contributed by atoms with Gasteiger partial charge in [0.1, 0.15) is 5.76 Å². The molecule has 5 heteroatoms. The largest absolute Gasteiger partial charge is 0.505 e. The number of carbonyl (C=O) groups is 1. The molecule has 0 bridgehead atoms. The van der Waals surface area contributed by atoms with Crippen molar-refractivity contribution in [2.75, 3.05) is 7.11 Å². The predicted molar refractivity (Wildman–Crippen MR) is 51.8 cm³/mol. The molecule has 0 saturated carbocycles. The van der Waals surface area contributed by atoms with Gasteiger partial charge in [0.25, 0.3) is 0 Å². The lowest BCUT2D eigenvalue weighted by molar-refractivity contribution is 0.0591. The Hall–Kier alpha value is -2.04. The van der Waals surface area contributed by atoms with Crippen molar-refractivity contribution in [2.24, 2.45) is 0 Å². The van der Waals surface area contributed by atoms with Crippen molar-refractivity contribution in [1.82, 2.24) is 4.98 Å². The average molecular weight is 207 g/mol. The number of ether oxygens (including phenoxy) is 1. The molecule has 1 N–H and O–H groups in total. The van der Waals surface area contributed by atoms with Gasteiger partial charge in [-0.25, -0.2) is 9.78 Å². The smallest absolute Gasteiger partial charge is 0.360 e. The van der Waals surface area contributed by atoms with Crippen molar-refractivity contribution in [3.05, 3.63) is 23.7 Å². The zero-order valence-electron chi connectivity index (χ0n) is 8.27. The van der Waals surface area contributed by atoms with Crippen LogP contribution in [0.25, 0.3) is 11.0 Å². The van der Waals surface area contributed by atoms with Gasteiger partial charge in [-0.2, -0.15) is 0 Å². The van der Waals surface area contributed by atoms with Gasteiger partial charge in [0.05, 0.1) is 18.7 Å². The molecule has 0 unspecified atom stereocenters. The van der Waals surface area contributed by atoms with Gasteiger partial charge in [0, 0.05) is 0 Å². The molecule has 0 aromatic carbocycles. The highest BCUT2D eigenvalue weighted by Gasteiger charge is 2.17. The van der Waals surface area contributed by atoms with E-state index in [1.54, 1.807) is 13.0 Å². The average Bonchev–Trinajstić information content (AvgIpc) is 2.59. The van der Waals surface area contributed by atoms with Crippen molar-refractivity contribution in [1.29, 1.82) is 0 Å². The highest BCUT2D eigenvalue weighted by atomic mass is 16.5. The number of furan rings is 1. The third-order valence-electron chi connectivity index (χ3n) is 2.05. The van der Waals surface area contributed by atoms with Gasteiger partial charge < -0.3 is 14.3 Å². The molecule has 0 spiro atoms. The van der Waals surface area contributed by atoms with Crippen LogP contribution in [0.3, 0.4) is 0 Å². The molecule has 0 radical (unpaired) electrons. The molecule has 0 fully saturated rings. The summed E-state index contributed by atoms with van der Waals surface area (Å²) < 4.78 is 9.72.